The molecule has 1 atom stereocenters. The predicted molar refractivity (Wildman–Crippen MR) is 111 cm³/mol. The standard InChI is InChI=1S/C22H21FN2O4S/c1-13(29-17-9-3-2-8-16(17)23)20(26)25-22-19(15-7-4-10-18(15)30-22)21(27)24-12-14-6-5-11-28-14/h2-3,5-6,8-9,11,13H,4,7,10,12H2,1H3,(H,24,27)(H,25,26). The lowest BCUT2D eigenvalue weighted by atomic mass is 10.1. The molecule has 0 bridgehead atoms. The van der Waals surface area contributed by atoms with Crippen LogP contribution in [0, 0.1) is 5.82 Å². The lowest BCUT2D eigenvalue weighted by molar-refractivity contribution is -0.122. The van der Waals surface area contributed by atoms with Gasteiger partial charge in [0.15, 0.2) is 17.7 Å². The number of hydrogen-bond donors (Lipinski definition) is 2. The second-order valence-corrected chi connectivity index (χ2v) is 8.11. The Kier molecular flexibility index (Phi) is 5.85. The van der Waals surface area contributed by atoms with Crippen LogP contribution in [0.25, 0.3) is 0 Å². The molecular weight excluding hydrogens is 407 g/mol. The minimum Gasteiger partial charge on any atom is -0.478 e. The summed E-state index contributed by atoms with van der Waals surface area (Å²) in [5.74, 6) is -0.592. The number of ether oxygens (including phenoxy) is 1. The van der Waals surface area contributed by atoms with Gasteiger partial charge in [-0.05, 0) is 56.0 Å². The Labute approximate surface area is 177 Å². The Balaban J connectivity index is 1.49. The summed E-state index contributed by atoms with van der Waals surface area (Å²) in [5, 5.41) is 6.14. The highest BCUT2D eigenvalue weighted by molar-refractivity contribution is 7.17. The lowest BCUT2D eigenvalue weighted by Gasteiger charge is -2.15. The van der Waals surface area contributed by atoms with E-state index in [2.05, 4.69) is 10.6 Å². The summed E-state index contributed by atoms with van der Waals surface area (Å²) < 4.78 is 24.5. The maximum Gasteiger partial charge on any atom is 0.265 e. The largest absolute Gasteiger partial charge is 0.478 e. The van der Waals surface area contributed by atoms with Crippen LogP contribution in [-0.4, -0.2) is 17.9 Å². The van der Waals surface area contributed by atoms with Gasteiger partial charge in [-0.2, -0.15) is 0 Å². The molecule has 2 amide bonds. The van der Waals surface area contributed by atoms with Gasteiger partial charge < -0.3 is 19.8 Å². The fourth-order valence-electron chi connectivity index (χ4n) is 3.40. The third-order valence-electron chi connectivity index (χ3n) is 4.90. The monoisotopic (exact) mass is 428 g/mol. The minimum atomic E-state index is -0.933. The van der Waals surface area contributed by atoms with E-state index < -0.39 is 17.8 Å². The van der Waals surface area contributed by atoms with E-state index in [1.165, 1.54) is 23.5 Å². The Morgan fingerprint density at radius 1 is 1.23 bits per heavy atom. The van der Waals surface area contributed by atoms with Gasteiger partial charge in [0.1, 0.15) is 10.8 Å². The van der Waals surface area contributed by atoms with Crippen molar-refractivity contribution in [2.24, 2.45) is 0 Å². The van der Waals surface area contributed by atoms with Crippen LogP contribution < -0.4 is 15.4 Å². The second-order valence-electron chi connectivity index (χ2n) is 7.00. The fourth-order valence-corrected chi connectivity index (χ4v) is 4.69. The molecule has 156 valence electrons. The molecule has 2 N–H and O–H groups in total. The van der Waals surface area contributed by atoms with Crippen LogP contribution in [0.1, 0.15) is 39.9 Å². The van der Waals surface area contributed by atoms with E-state index in [1.54, 1.807) is 37.5 Å². The van der Waals surface area contributed by atoms with Crippen molar-refractivity contribution in [3.63, 3.8) is 0 Å². The molecule has 1 aromatic carbocycles. The van der Waals surface area contributed by atoms with Gasteiger partial charge in [-0.15, -0.1) is 11.3 Å². The van der Waals surface area contributed by atoms with Crippen molar-refractivity contribution >= 4 is 28.2 Å². The molecule has 3 aromatic rings. The van der Waals surface area contributed by atoms with Crippen molar-refractivity contribution < 1.29 is 23.1 Å². The summed E-state index contributed by atoms with van der Waals surface area (Å²) >= 11 is 1.41. The van der Waals surface area contributed by atoms with Crippen molar-refractivity contribution in [1.82, 2.24) is 5.32 Å². The molecule has 0 saturated carbocycles. The first kappa shape index (κ1) is 20.2. The van der Waals surface area contributed by atoms with Gasteiger partial charge >= 0.3 is 0 Å². The Morgan fingerprint density at radius 2 is 2.07 bits per heavy atom. The number of amides is 2. The first-order valence-electron chi connectivity index (χ1n) is 9.70. The summed E-state index contributed by atoms with van der Waals surface area (Å²) in [7, 11) is 0. The molecule has 0 fully saturated rings. The molecule has 2 aromatic heterocycles. The molecule has 6 nitrogen and oxygen atoms in total. The minimum absolute atomic E-state index is 0.00485. The van der Waals surface area contributed by atoms with Crippen LogP contribution in [0.4, 0.5) is 9.39 Å². The molecule has 0 aliphatic heterocycles. The highest BCUT2D eigenvalue weighted by Crippen LogP contribution is 2.39. The molecule has 30 heavy (non-hydrogen) atoms. The molecule has 1 aliphatic rings. The molecule has 0 radical (unpaired) electrons. The Bertz CT molecular complexity index is 1060. The topological polar surface area (TPSA) is 80.6 Å². The fraction of sp³-hybridized carbons (Fsp3) is 0.273. The third-order valence-corrected chi connectivity index (χ3v) is 6.11. The number of carbonyl (C=O) groups is 2. The van der Waals surface area contributed by atoms with E-state index in [0.717, 1.165) is 29.7 Å². The van der Waals surface area contributed by atoms with E-state index >= 15 is 0 Å². The van der Waals surface area contributed by atoms with Crippen LogP contribution in [0.2, 0.25) is 0 Å². The van der Waals surface area contributed by atoms with Crippen molar-refractivity contribution in [2.45, 2.75) is 38.8 Å². The van der Waals surface area contributed by atoms with Gasteiger partial charge in [-0.25, -0.2) is 4.39 Å². The maximum absolute atomic E-state index is 13.8. The zero-order valence-electron chi connectivity index (χ0n) is 16.4. The average molecular weight is 428 g/mol. The van der Waals surface area contributed by atoms with Crippen molar-refractivity contribution in [3.05, 3.63) is 70.2 Å². The molecule has 2 heterocycles. The molecule has 1 unspecified atom stereocenters. The Morgan fingerprint density at radius 3 is 2.83 bits per heavy atom. The van der Waals surface area contributed by atoms with Crippen LogP contribution in [0.3, 0.4) is 0 Å². The van der Waals surface area contributed by atoms with E-state index in [9.17, 15) is 14.0 Å². The van der Waals surface area contributed by atoms with Crippen LogP contribution in [-0.2, 0) is 24.2 Å². The number of nitrogens with one attached hydrogen (secondary N) is 2. The number of furan rings is 1. The summed E-state index contributed by atoms with van der Waals surface area (Å²) in [6, 6.07) is 9.45. The first-order valence-corrected chi connectivity index (χ1v) is 10.5. The SMILES string of the molecule is CC(Oc1ccccc1F)C(=O)Nc1sc2c(c1C(=O)NCc1ccco1)CCC2. The molecule has 0 spiro atoms. The number of hydrogen-bond acceptors (Lipinski definition) is 5. The number of rotatable bonds is 7. The molecule has 8 heteroatoms. The maximum atomic E-state index is 13.8. The Hall–Kier alpha value is -3.13. The average Bonchev–Trinajstić information content (AvgIpc) is 3.45. The van der Waals surface area contributed by atoms with E-state index in [4.69, 9.17) is 9.15 Å². The number of aryl methyl sites for hydroxylation is 1. The van der Waals surface area contributed by atoms with Gasteiger partial charge in [-0.1, -0.05) is 12.1 Å². The van der Waals surface area contributed by atoms with Crippen molar-refractivity contribution in [2.75, 3.05) is 5.32 Å². The number of thiophene rings is 1. The van der Waals surface area contributed by atoms with Gasteiger partial charge in [-0.3, -0.25) is 9.59 Å². The third kappa shape index (κ3) is 4.23. The molecule has 4 rings (SSSR count). The van der Waals surface area contributed by atoms with Gasteiger partial charge in [0.2, 0.25) is 0 Å². The summed E-state index contributed by atoms with van der Waals surface area (Å²) in [6.45, 7) is 1.80. The predicted octanol–water partition coefficient (Wildman–Crippen LogP) is 4.30. The highest BCUT2D eigenvalue weighted by Gasteiger charge is 2.28. The molecule has 1 aliphatic carbocycles. The summed E-state index contributed by atoms with van der Waals surface area (Å²) in [5.41, 5.74) is 1.47. The van der Waals surface area contributed by atoms with E-state index in [-0.39, 0.29) is 18.2 Å². The molecular formula is C22H21FN2O4S. The second kappa shape index (κ2) is 8.71. The van der Waals surface area contributed by atoms with Gasteiger partial charge in [0.05, 0.1) is 18.4 Å². The van der Waals surface area contributed by atoms with Gasteiger partial charge in [0, 0.05) is 4.88 Å². The number of fused-ring (bicyclic) bond motifs is 1. The number of anilines is 1. The number of halogens is 1. The van der Waals surface area contributed by atoms with Crippen molar-refractivity contribution in [1.29, 1.82) is 0 Å². The van der Waals surface area contributed by atoms with Crippen LogP contribution in [0.15, 0.2) is 47.1 Å². The quantitative estimate of drug-likeness (QED) is 0.588. The molecule has 0 saturated heterocycles. The number of benzene rings is 1. The van der Waals surface area contributed by atoms with E-state index in [0.29, 0.717) is 16.3 Å². The number of carbonyl (C=O) groups excluding carboxylic acids is 2. The smallest absolute Gasteiger partial charge is 0.265 e. The van der Waals surface area contributed by atoms with E-state index in [1.807, 2.05) is 0 Å². The normalized spacial score (nSPS) is 13.5. The highest BCUT2D eigenvalue weighted by atomic mass is 32.1. The first-order chi connectivity index (χ1) is 14.5. The lowest BCUT2D eigenvalue weighted by Crippen LogP contribution is -2.31. The van der Waals surface area contributed by atoms with Gasteiger partial charge in [0.25, 0.3) is 11.8 Å². The number of para-hydroxylation sites is 1. The van der Waals surface area contributed by atoms with Crippen molar-refractivity contribution in [3.8, 4) is 5.75 Å². The summed E-state index contributed by atoms with van der Waals surface area (Å²) in [4.78, 5) is 26.7. The summed E-state index contributed by atoms with van der Waals surface area (Å²) in [6.07, 6.45) is 3.28. The van der Waals surface area contributed by atoms with Crippen LogP contribution in [0.5, 0.6) is 5.75 Å². The zero-order chi connectivity index (χ0) is 21.1. The zero-order valence-corrected chi connectivity index (χ0v) is 17.2. The van der Waals surface area contributed by atoms with Crippen LogP contribution >= 0.6 is 11.3 Å².